The normalized spacial score (nSPS) is 14.7. The van der Waals surface area contributed by atoms with E-state index in [0.717, 1.165) is 0 Å². The molecule has 1 aliphatic heterocycles. The van der Waals surface area contributed by atoms with Crippen molar-refractivity contribution < 1.29 is 0 Å². The van der Waals surface area contributed by atoms with E-state index in [1.807, 2.05) is 11.8 Å². The van der Waals surface area contributed by atoms with Gasteiger partial charge < -0.3 is 5.32 Å². The minimum atomic E-state index is 0.520. The van der Waals surface area contributed by atoms with Gasteiger partial charge in [0, 0.05) is 23.2 Å². The van der Waals surface area contributed by atoms with E-state index in [9.17, 15) is 0 Å². The van der Waals surface area contributed by atoms with E-state index in [4.69, 9.17) is 0 Å². The van der Waals surface area contributed by atoms with Crippen LogP contribution in [0.5, 0.6) is 0 Å². The van der Waals surface area contributed by atoms with Crippen molar-refractivity contribution in [2.24, 2.45) is 0 Å². The molecule has 0 bridgehead atoms. The Hall–Kier alpha value is -0.630. The standard InChI is InChI=1S/C11H15NS/c1-8(2)12-11-4-3-9-6-13-7-10(9)5-11/h3-5,8,12H,6-7H2,1-2H3. The van der Waals surface area contributed by atoms with Gasteiger partial charge in [-0.25, -0.2) is 0 Å². The highest BCUT2D eigenvalue weighted by Crippen LogP contribution is 2.31. The number of rotatable bonds is 2. The van der Waals surface area contributed by atoms with Gasteiger partial charge in [-0.05, 0) is 37.1 Å². The molecule has 2 heteroatoms. The highest BCUT2D eigenvalue weighted by molar-refractivity contribution is 7.98. The largest absolute Gasteiger partial charge is 0.383 e. The second-order valence-corrected chi connectivity index (χ2v) is 4.76. The lowest BCUT2D eigenvalue weighted by atomic mass is 10.1. The lowest BCUT2D eigenvalue weighted by Gasteiger charge is -2.10. The molecule has 1 heterocycles. The summed E-state index contributed by atoms with van der Waals surface area (Å²) in [6.45, 7) is 4.34. The molecule has 13 heavy (non-hydrogen) atoms. The smallest absolute Gasteiger partial charge is 0.0345 e. The first-order valence-electron chi connectivity index (χ1n) is 4.72. The summed E-state index contributed by atoms with van der Waals surface area (Å²) in [6.07, 6.45) is 0. The molecular formula is C11H15NS. The Balaban J connectivity index is 2.21. The molecule has 70 valence electrons. The molecule has 1 nitrogen and oxygen atoms in total. The predicted molar refractivity (Wildman–Crippen MR) is 60.2 cm³/mol. The molecule has 0 fully saturated rings. The van der Waals surface area contributed by atoms with Gasteiger partial charge >= 0.3 is 0 Å². The number of hydrogen-bond acceptors (Lipinski definition) is 2. The number of thioether (sulfide) groups is 1. The fourth-order valence-electron chi connectivity index (χ4n) is 1.60. The summed E-state index contributed by atoms with van der Waals surface area (Å²) in [4.78, 5) is 0. The Bertz CT molecular complexity index is 307. The second-order valence-electron chi connectivity index (χ2n) is 3.78. The summed E-state index contributed by atoms with van der Waals surface area (Å²) < 4.78 is 0. The summed E-state index contributed by atoms with van der Waals surface area (Å²) in [5, 5.41) is 3.43. The van der Waals surface area contributed by atoms with Crippen LogP contribution in [0.3, 0.4) is 0 Å². The topological polar surface area (TPSA) is 12.0 Å². The van der Waals surface area contributed by atoms with Crippen molar-refractivity contribution in [2.45, 2.75) is 31.4 Å². The van der Waals surface area contributed by atoms with Crippen molar-refractivity contribution in [3.05, 3.63) is 29.3 Å². The second kappa shape index (κ2) is 3.62. The SMILES string of the molecule is CC(C)Nc1ccc2c(c1)CSC2. The molecule has 0 atom stereocenters. The molecule has 0 amide bonds. The van der Waals surface area contributed by atoms with Crippen molar-refractivity contribution in [1.82, 2.24) is 0 Å². The third-order valence-electron chi connectivity index (χ3n) is 2.18. The van der Waals surface area contributed by atoms with Crippen LogP contribution in [0.4, 0.5) is 5.69 Å². The van der Waals surface area contributed by atoms with E-state index in [2.05, 4.69) is 37.4 Å². The molecule has 1 aromatic rings. The fraction of sp³-hybridized carbons (Fsp3) is 0.455. The molecule has 1 aliphatic rings. The molecule has 2 rings (SSSR count). The molecule has 1 N–H and O–H groups in total. The summed E-state index contributed by atoms with van der Waals surface area (Å²) in [5.74, 6) is 2.38. The van der Waals surface area contributed by atoms with Gasteiger partial charge in [-0.15, -0.1) is 0 Å². The van der Waals surface area contributed by atoms with Gasteiger partial charge in [0.1, 0.15) is 0 Å². The van der Waals surface area contributed by atoms with Gasteiger partial charge in [-0.3, -0.25) is 0 Å². The quantitative estimate of drug-likeness (QED) is 0.773. The van der Waals surface area contributed by atoms with Gasteiger partial charge in [0.05, 0.1) is 0 Å². The van der Waals surface area contributed by atoms with E-state index in [0.29, 0.717) is 6.04 Å². The molecule has 0 saturated heterocycles. The lowest BCUT2D eigenvalue weighted by molar-refractivity contribution is 0.899. The predicted octanol–water partition coefficient (Wildman–Crippen LogP) is 3.25. The van der Waals surface area contributed by atoms with E-state index < -0.39 is 0 Å². The van der Waals surface area contributed by atoms with Crippen molar-refractivity contribution >= 4 is 17.4 Å². The Morgan fingerprint density at radius 1 is 1.23 bits per heavy atom. The monoisotopic (exact) mass is 193 g/mol. The van der Waals surface area contributed by atoms with E-state index in [-0.39, 0.29) is 0 Å². The molecule has 0 radical (unpaired) electrons. The Morgan fingerprint density at radius 2 is 2.00 bits per heavy atom. The van der Waals surface area contributed by atoms with Gasteiger partial charge in [0.2, 0.25) is 0 Å². The summed E-state index contributed by atoms with van der Waals surface area (Å²) >= 11 is 2.00. The van der Waals surface area contributed by atoms with Crippen molar-refractivity contribution in [2.75, 3.05) is 5.32 Å². The summed E-state index contributed by atoms with van der Waals surface area (Å²) in [5.41, 5.74) is 4.28. The third-order valence-corrected chi connectivity index (χ3v) is 3.21. The van der Waals surface area contributed by atoms with Crippen LogP contribution in [0, 0.1) is 0 Å². The molecule has 1 aromatic carbocycles. The maximum atomic E-state index is 3.43. The Kier molecular flexibility index (Phi) is 2.49. The van der Waals surface area contributed by atoms with Gasteiger partial charge in [-0.2, -0.15) is 11.8 Å². The van der Waals surface area contributed by atoms with Crippen LogP contribution < -0.4 is 5.32 Å². The minimum absolute atomic E-state index is 0.520. The molecule has 0 aliphatic carbocycles. The first kappa shape index (κ1) is 8.95. The van der Waals surface area contributed by atoms with Crippen LogP contribution >= 0.6 is 11.8 Å². The zero-order valence-corrected chi connectivity index (χ0v) is 8.95. The van der Waals surface area contributed by atoms with Crippen LogP contribution in [0.2, 0.25) is 0 Å². The van der Waals surface area contributed by atoms with E-state index >= 15 is 0 Å². The lowest BCUT2D eigenvalue weighted by Crippen LogP contribution is -2.09. The number of fused-ring (bicyclic) bond motifs is 1. The first-order valence-corrected chi connectivity index (χ1v) is 5.87. The highest BCUT2D eigenvalue weighted by atomic mass is 32.2. The van der Waals surface area contributed by atoms with Gasteiger partial charge in [0.15, 0.2) is 0 Å². The van der Waals surface area contributed by atoms with Crippen LogP contribution in [-0.4, -0.2) is 6.04 Å². The van der Waals surface area contributed by atoms with Crippen LogP contribution in [0.25, 0.3) is 0 Å². The zero-order chi connectivity index (χ0) is 9.26. The highest BCUT2D eigenvalue weighted by Gasteiger charge is 2.10. The van der Waals surface area contributed by atoms with Crippen molar-refractivity contribution in [3.63, 3.8) is 0 Å². The molecule has 0 unspecified atom stereocenters. The summed E-state index contributed by atoms with van der Waals surface area (Å²) in [6, 6.07) is 7.24. The molecular weight excluding hydrogens is 178 g/mol. The third kappa shape index (κ3) is 1.99. The molecule has 0 saturated carbocycles. The van der Waals surface area contributed by atoms with Crippen molar-refractivity contribution in [3.8, 4) is 0 Å². The maximum absolute atomic E-state index is 3.43. The average molecular weight is 193 g/mol. The van der Waals surface area contributed by atoms with Crippen LogP contribution in [0.1, 0.15) is 25.0 Å². The molecule has 0 spiro atoms. The number of hydrogen-bond donors (Lipinski definition) is 1. The van der Waals surface area contributed by atoms with Gasteiger partial charge in [0.25, 0.3) is 0 Å². The minimum Gasteiger partial charge on any atom is -0.383 e. The number of anilines is 1. The van der Waals surface area contributed by atoms with Crippen LogP contribution in [-0.2, 0) is 11.5 Å². The van der Waals surface area contributed by atoms with E-state index in [1.54, 1.807) is 0 Å². The molecule has 0 aromatic heterocycles. The van der Waals surface area contributed by atoms with Crippen molar-refractivity contribution in [1.29, 1.82) is 0 Å². The van der Waals surface area contributed by atoms with Gasteiger partial charge in [-0.1, -0.05) is 6.07 Å². The van der Waals surface area contributed by atoms with E-state index in [1.165, 1.54) is 28.3 Å². The number of benzene rings is 1. The first-order chi connectivity index (χ1) is 6.25. The maximum Gasteiger partial charge on any atom is 0.0345 e. The van der Waals surface area contributed by atoms with Crippen LogP contribution in [0.15, 0.2) is 18.2 Å². The fourth-order valence-corrected chi connectivity index (χ4v) is 2.69. The zero-order valence-electron chi connectivity index (χ0n) is 8.13. The summed E-state index contributed by atoms with van der Waals surface area (Å²) in [7, 11) is 0. The Labute approximate surface area is 83.9 Å². The average Bonchev–Trinajstić information content (AvgIpc) is 2.49. The Morgan fingerprint density at radius 3 is 2.77 bits per heavy atom. The number of nitrogens with one attached hydrogen (secondary N) is 1.